The Bertz CT molecular complexity index is 345. The highest BCUT2D eigenvalue weighted by molar-refractivity contribution is 6.27. The van der Waals surface area contributed by atoms with Gasteiger partial charge in [0.15, 0.2) is 0 Å². The number of esters is 1. The van der Waals surface area contributed by atoms with E-state index < -0.39 is 0 Å². The molecule has 2 nitrogen and oxygen atoms in total. The first kappa shape index (κ1) is 26.7. The van der Waals surface area contributed by atoms with E-state index in [-0.39, 0.29) is 11.0 Å². The van der Waals surface area contributed by atoms with Crippen molar-refractivity contribution >= 4 is 16.2 Å². The smallest absolute Gasteiger partial charge is 0.308 e. The van der Waals surface area contributed by atoms with E-state index in [1.54, 1.807) is 0 Å². The van der Waals surface area contributed by atoms with Crippen LogP contribution >= 0.6 is 0 Å². The molecule has 0 aliphatic heterocycles. The van der Waals surface area contributed by atoms with Gasteiger partial charge in [0.2, 0.25) is 0 Å². The van der Waals surface area contributed by atoms with Crippen molar-refractivity contribution in [3.05, 3.63) is 0 Å². The first-order valence-corrected chi connectivity index (χ1v) is 13.2. The number of unbranched alkanes of at least 4 members (excludes halogenated alkanes) is 9. The molecule has 2 unspecified atom stereocenters. The zero-order valence-corrected chi connectivity index (χ0v) is 21.4. The Morgan fingerprint density at radius 3 is 1.85 bits per heavy atom. The van der Waals surface area contributed by atoms with Crippen LogP contribution in [0.1, 0.15) is 130 Å². The molecule has 0 saturated carbocycles. The van der Waals surface area contributed by atoms with Crippen LogP contribution in [0, 0.1) is 5.92 Å². The lowest BCUT2D eigenvalue weighted by atomic mass is 9.80. The van der Waals surface area contributed by atoms with Gasteiger partial charge in [0.25, 0.3) is 0 Å². The second-order valence-electron chi connectivity index (χ2n) is 8.76. The number of carbonyl (C=O) groups is 1. The van der Waals surface area contributed by atoms with Crippen LogP contribution in [0.2, 0.25) is 5.04 Å². The Balaban J connectivity index is 4.88. The van der Waals surface area contributed by atoms with Crippen molar-refractivity contribution in [3.63, 3.8) is 0 Å². The van der Waals surface area contributed by atoms with E-state index in [0.717, 1.165) is 23.1 Å². The third-order valence-corrected chi connectivity index (χ3v) is 7.92. The van der Waals surface area contributed by atoms with Gasteiger partial charge in [-0.2, -0.15) is 0 Å². The summed E-state index contributed by atoms with van der Waals surface area (Å²) in [5.74, 6) is 0.687. The van der Waals surface area contributed by atoms with Gasteiger partial charge in [0, 0.05) is 10.2 Å². The zero-order valence-electron chi connectivity index (χ0n) is 19.4. The van der Waals surface area contributed by atoms with Crippen molar-refractivity contribution in [2.75, 3.05) is 6.61 Å². The highest BCUT2D eigenvalue weighted by Gasteiger charge is 2.41. The molecule has 0 N–H and O–H groups in total. The molecule has 0 aliphatic rings. The standard InChI is InChI=1S/C24H50O2Si/c1-5-9-12-15-19-22(18-8-4)24(27,20-16-13-10-6-2)23(25)26-21-17-14-11-7-3/h22H,5-21H2,1-4,27H3. The van der Waals surface area contributed by atoms with Crippen molar-refractivity contribution in [2.45, 2.75) is 135 Å². The molecule has 0 aromatic rings. The third-order valence-electron chi connectivity index (χ3n) is 6.19. The Kier molecular flexibility index (Phi) is 17.6. The van der Waals surface area contributed by atoms with E-state index in [0.29, 0.717) is 12.5 Å². The van der Waals surface area contributed by atoms with Gasteiger partial charge in [0.1, 0.15) is 0 Å². The maximum atomic E-state index is 13.2. The summed E-state index contributed by atoms with van der Waals surface area (Å²) in [6, 6.07) is 0. The molecular weight excluding hydrogens is 348 g/mol. The lowest BCUT2D eigenvalue weighted by molar-refractivity contribution is -0.150. The Morgan fingerprint density at radius 1 is 0.741 bits per heavy atom. The first-order valence-electron chi connectivity index (χ1n) is 12.2. The quantitative estimate of drug-likeness (QED) is 0.133. The van der Waals surface area contributed by atoms with Gasteiger partial charge in [0.05, 0.1) is 11.6 Å². The molecule has 0 rings (SSSR count). The van der Waals surface area contributed by atoms with Crippen LogP contribution < -0.4 is 0 Å². The van der Waals surface area contributed by atoms with Crippen LogP contribution in [0.25, 0.3) is 0 Å². The molecular formula is C24H50O2Si. The van der Waals surface area contributed by atoms with Gasteiger partial charge in [-0.05, 0) is 31.6 Å². The summed E-state index contributed by atoms with van der Waals surface area (Å²) in [7, 11) is 0.933. The van der Waals surface area contributed by atoms with E-state index in [2.05, 4.69) is 27.7 Å². The molecule has 0 saturated heterocycles. The van der Waals surface area contributed by atoms with Crippen molar-refractivity contribution in [1.82, 2.24) is 0 Å². The van der Waals surface area contributed by atoms with Crippen LogP contribution in [-0.2, 0) is 9.53 Å². The van der Waals surface area contributed by atoms with E-state index in [1.165, 1.54) is 89.9 Å². The molecule has 0 heterocycles. The van der Waals surface area contributed by atoms with E-state index in [1.807, 2.05) is 0 Å². The third kappa shape index (κ3) is 12.0. The van der Waals surface area contributed by atoms with E-state index >= 15 is 0 Å². The van der Waals surface area contributed by atoms with E-state index in [4.69, 9.17) is 4.74 Å². The molecule has 0 spiro atoms. The Hall–Kier alpha value is -0.313. The predicted molar refractivity (Wildman–Crippen MR) is 124 cm³/mol. The average molecular weight is 399 g/mol. The highest BCUT2D eigenvalue weighted by Crippen LogP contribution is 2.44. The molecule has 162 valence electrons. The summed E-state index contributed by atoms with van der Waals surface area (Å²) in [5, 5.41) is -0.152. The minimum atomic E-state index is -0.152. The van der Waals surface area contributed by atoms with Gasteiger partial charge in [-0.15, -0.1) is 0 Å². The van der Waals surface area contributed by atoms with Gasteiger partial charge in [-0.25, -0.2) is 0 Å². The van der Waals surface area contributed by atoms with Gasteiger partial charge < -0.3 is 4.74 Å². The largest absolute Gasteiger partial charge is 0.466 e. The van der Waals surface area contributed by atoms with Gasteiger partial charge in [-0.3, -0.25) is 4.79 Å². The number of ether oxygens (including phenoxy) is 1. The molecule has 0 bridgehead atoms. The van der Waals surface area contributed by atoms with Crippen molar-refractivity contribution in [3.8, 4) is 0 Å². The van der Waals surface area contributed by atoms with Crippen LogP contribution in [0.15, 0.2) is 0 Å². The Morgan fingerprint density at radius 2 is 1.30 bits per heavy atom. The summed E-state index contributed by atoms with van der Waals surface area (Å²) in [6.07, 6.45) is 19.5. The number of rotatable bonds is 19. The second kappa shape index (κ2) is 17.8. The zero-order chi connectivity index (χ0) is 20.4. The van der Waals surface area contributed by atoms with Crippen molar-refractivity contribution in [1.29, 1.82) is 0 Å². The molecule has 3 heteroatoms. The van der Waals surface area contributed by atoms with Crippen LogP contribution in [-0.4, -0.2) is 22.8 Å². The highest BCUT2D eigenvalue weighted by atomic mass is 28.1. The fourth-order valence-corrected chi connectivity index (χ4v) is 5.27. The normalized spacial score (nSPS) is 14.8. The summed E-state index contributed by atoms with van der Waals surface area (Å²) < 4.78 is 5.86. The maximum absolute atomic E-state index is 13.2. The predicted octanol–water partition coefficient (Wildman–Crippen LogP) is 6.99. The van der Waals surface area contributed by atoms with Crippen LogP contribution in [0.3, 0.4) is 0 Å². The molecule has 0 radical (unpaired) electrons. The summed E-state index contributed by atoms with van der Waals surface area (Å²) >= 11 is 0. The molecule has 0 aromatic heterocycles. The summed E-state index contributed by atoms with van der Waals surface area (Å²) in [5.41, 5.74) is 0. The molecule has 0 aromatic carbocycles. The van der Waals surface area contributed by atoms with Gasteiger partial charge in [-0.1, -0.05) is 105 Å². The SMILES string of the molecule is CCCCCCOC(=O)C([SiH3])(CCCCCC)C(CCC)CCCCCC. The average Bonchev–Trinajstić information content (AvgIpc) is 2.67. The molecule has 0 amide bonds. The van der Waals surface area contributed by atoms with Crippen LogP contribution in [0.4, 0.5) is 0 Å². The van der Waals surface area contributed by atoms with Gasteiger partial charge >= 0.3 is 5.97 Å². The number of hydrogen-bond acceptors (Lipinski definition) is 2. The minimum absolute atomic E-state index is 0.149. The van der Waals surface area contributed by atoms with Crippen molar-refractivity contribution < 1.29 is 9.53 Å². The van der Waals surface area contributed by atoms with E-state index in [9.17, 15) is 4.79 Å². The molecule has 27 heavy (non-hydrogen) atoms. The summed E-state index contributed by atoms with van der Waals surface area (Å²) in [6.45, 7) is 9.65. The fraction of sp³-hybridized carbons (Fsp3) is 0.958. The number of hydrogen-bond donors (Lipinski definition) is 0. The molecule has 2 atom stereocenters. The monoisotopic (exact) mass is 398 g/mol. The summed E-state index contributed by atoms with van der Waals surface area (Å²) in [4.78, 5) is 13.2. The first-order chi connectivity index (χ1) is 13.1. The molecule has 0 aliphatic carbocycles. The minimum Gasteiger partial charge on any atom is -0.466 e. The second-order valence-corrected chi connectivity index (χ2v) is 10.5. The topological polar surface area (TPSA) is 26.3 Å². The maximum Gasteiger partial charge on any atom is 0.308 e. The number of carbonyl (C=O) groups excluding carboxylic acids is 1. The van der Waals surface area contributed by atoms with Crippen LogP contribution in [0.5, 0.6) is 0 Å². The Labute approximate surface area is 174 Å². The van der Waals surface area contributed by atoms with Crippen molar-refractivity contribution in [2.24, 2.45) is 5.92 Å². The lowest BCUT2D eigenvalue weighted by Gasteiger charge is -2.36. The molecule has 0 fully saturated rings. The fourth-order valence-electron chi connectivity index (χ4n) is 4.20. The lowest BCUT2D eigenvalue weighted by Crippen LogP contribution is -2.34.